The van der Waals surface area contributed by atoms with Crippen LogP contribution in [0.25, 0.3) is 21.9 Å². The molecule has 1 aliphatic rings. The fourth-order valence-electron chi connectivity index (χ4n) is 3.91. The van der Waals surface area contributed by atoms with Gasteiger partial charge in [0.2, 0.25) is 5.95 Å². The van der Waals surface area contributed by atoms with Crippen molar-refractivity contribution in [3.05, 3.63) is 58.6 Å². The number of anilines is 1. The Hall–Kier alpha value is -3.84. The highest BCUT2D eigenvalue weighted by molar-refractivity contribution is 6.02. The van der Waals surface area contributed by atoms with Gasteiger partial charge in [0.25, 0.3) is 5.56 Å². The predicted octanol–water partition coefficient (Wildman–Crippen LogP) is 0.0359. The number of aliphatic hydroxyl groups is 3. The summed E-state index contributed by atoms with van der Waals surface area (Å²) in [4.78, 5) is 23.0. The van der Waals surface area contributed by atoms with Gasteiger partial charge in [0.15, 0.2) is 17.4 Å². The fraction of sp³-hybridized carbons (Fsp3) is 0.238. The summed E-state index contributed by atoms with van der Waals surface area (Å²) in [5.41, 5.74) is 2.68. The molecule has 170 valence electrons. The van der Waals surface area contributed by atoms with Gasteiger partial charge in [-0.1, -0.05) is 30.3 Å². The summed E-state index contributed by atoms with van der Waals surface area (Å²) in [6.07, 6.45) is -2.44. The van der Waals surface area contributed by atoms with Gasteiger partial charge in [-0.2, -0.15) is 5.10 Å². The van der Waals surface area contributed by atoms with E-state index in [1.807, 2.05) is 24.3 Å². The second kappa shape index (κ2) is 8.26. The summed E-state index contributed by atoms with van der Waals surface area (Å²) in [6, 6.07) is 10.8. The van der Waals surface area contributed by atoms with Crippen LogP contribution in [0, 0.1) is 0 Å². The van der Waals surface area contributed by atoms with Crippen LogP contribution in [0.1, 0.15) is 11.8 Å². The van der Waals surface area contributed by atoms with Crippen molar-refractivity contribution in [2.24, 2.45) is 5.10 Å². The van der Waals surface area contributed by atoms with Crippen molar-refractivity contribution in [3.8, 4) is 5.75 Å². The van der Waals surface area contributed by atoms with E-state index in [9.17, 15) is 25.2 Å². The van der Waals surface area contributed by atoms with E-state index in [0.29, 0.717) is 5.56 Å². The number of nitrogens with zero attached hydrogens (tertiary/aromatic N) is 4. The van der Waals surface area contributed by atoms with Crippen molar-refractivity contribution >= 4 is 34.1 Å². The number of ether oxygens (including phenoxy) is 1. The number of aliphatic hydroxyl groups excluding tert-OH is 3. The van der Waals surface area contributed by atoms with E-state index >= 15 is 0 Å². The lowest BCUT2D eigenvalue weighted by molar-refractivity contribution is -0.0501. The number of hydrogen-bond acceptors (Lipinski definition) is 10. The number of aromatic amines is 1. The number of hydrogen-bond donors (Lipinski definition) is 6. The first kappa shape index (κ1) is 21.0. The first-order valence-electron chi connectivity index (χ1n) is 10.1. The number of fused-ring (bicyclic) bond motifs is 2. The van der Waals surface area contributed by atoms with E-state index in [4.69, 9.17) is 4.74 Å². The lowest BCUT2D eigenvalue weighted by Crippen LogP contribution is -2.33. The predicted molar refractivity (Wildman–Crippen MR) is 118 cm³/mol. The minimum absolute atomic E-state index is 0.0000151. The van der Waals surface area contributed by atoms with Crippen molar-refractivity contribution in [3.63, 3.8) is 0 Å². The summed E-state index contributed by atoms with van der Waals surface area (Å²) in [6.45, 7) is -0.517. The van der Waals surface area contributed by atoms with Crippen LogP contribution in [0.4, 0.5) is 5.95 Å². The molecule has 0 amide bonds. The monoisotopic (exact) mass is 452 g/mol. The summed E-state index contributed by atoms with van der Waals surface area (Å²) in [5.74, 6) is 0.0225. The van der Waals surface area contributed by atoms with Crippen molar-refractivity contribution in [2.45, 2.75) is 24.5 Å². The molecule has 12 nitrogen and oxygen atoms in total. The summed E-state index contributed by atoms with van der Waals surface area (Å²) in [7, 11) is 0. The number of hydrazone groups is 1. The molecule has 2 aromatic heterocycles. The topological polar surface area (TPSA) is 178 Å². The first-order chi connectivity index (χ1) is 16.0. The largest absolute Gasteiger partial charge is 0.507 e. The van der Waals surface area contributed by atoms with E-state index in [1.54, 1.807) is 12.1 Å². The van der Waals surface area contributed by atoms with Crippen LogP contribution in [0.5, 0.6) is 5.75 Å². The van der Waals surface area contributed by atoms with Crippen LogP contribution in [-0.2, 0) is 4.74 Å². The van der Waals surface area contributed by atoms with Gasteiger partial charge in [0.1, 0.15) is 24.1 Å². The second-order valence-electron chi connectivity index (χ2n) is 7.53. The van der Waals surface area contributed by atoms with Gasteiger partial charge in [0, 0.05) is 5.56 Å². The number of nitrogens with one attached hydrogen (secondary N) is 2. The van der Waals surface area contributed by atoms with Gasteiger partial charge < -0.3 is 30.1 Å². The van der Waals surface area contributed by atoms with Gasteiger partial charge in [-0.25, -0.2) is 15.4 Å². The van der Waals surface area contributed by atoms with Crippen molar-refractivity contribution in [2.75, 3.05) is 12.0 Å². The van der Waals surface area contributed by atoms with Gasteiger partial charge in [-0.15, -0.1) is 0 Å². The van der Waals surface area contributed by atoms with Gasteiger partial charge in [-0.3, -0.25) is 9.36 Å². The van der Waals surface area contributed by atoms with Crippen molar-refractivity contribution in [1.29, 1.82) is 0 Å². The number of phenolic OH excluding ortho intramolecular Hbond substituents is 1. The molecule has 0 radical (unpaired) electrons. The third-order valence-electron chi connectivity index (χ3n) is 5.56. The highest BCUT2D eigenvalue weighted by Gasteiger charge is 2.45. The summed E-state index contributed by atoms with van der Waals surface area (Å²) < 4.78 is 6.88. The average Bonchev–Trinajstić information content (AvgIpc) is 3.33. The molecule has 0 aliphatic carbocycles. The number of aromatic hydroxyl groups is 1. The second-order valence-corrected chi connectivity index (χ2v) is 7.53. The van der Waals surface area contributed by atoms with E-state index in [2.05, 4.69) is 25.5 Å². The molecule has 0 saturated carbocycles. The minimum atomic E-state index is -1.42. The Kier molecular flexibility index (Phi) is 5.26. The molecule has 5 rings (SSSR count). The van der Waals surface area contributed by atoms with Crippen molar-refractivity contribution < 1.29 is 25.2 Å². The number of H-pyrrole nitrogens is 1. The van der Waals surface area contributed by atoms with Crippen LogP contribution < -0.4 is 11.0 Å². The molecule has 0 bridgehead atoms. The van der Waals surface area contributed by atoms with Gasteiger partial charge in [-0.05, 0) is 16.8 Å². The standard InChI is InChI=1S/C21H20N6O6/c28-8-14-16(30)17(31)20(33-14)27-18-15(19(32)23-9-22-18)25-21(27)26-24-7-12-11-4-2-1-3-10(11)5-6-13(12)29/h1-7,9,14,16-17,20,28-31H,8H2,(H,25,26)(H,22,23,32)/b24-7+. The van der Waals surface area contributed by atoms with Crippen LogP contribution in [0.2, 0.25) is 0 Å². The maximum absolute atomic E-state index is 12.2. The molecular weight excluding hydrogens is 432 g/mol. The van der Waals surface area contributed by atoms with Gasteiger partial charge in [0.05, 0.1) is 19.1 Å². The highest BCUT2D eigenvalue weighted by Crippen LogP contribution is 2.34. The normalized spacial score (nSPS) is 23.1. The molecule has 1 fully saturated rings. The molecule has 6 N–H and O–H groups in total. The summed E-state index contributed by atoms with van der Waals surface area (Å²) >= 11 is 0. The number of benzene rings is 2. The lowest BCUT2D eigenvalue weighted by atomic mass is 10.0. The highest BCUT2D eigenvalue weighted by atomic mass is 16.6. The van der Waals surface area contributed by atoms with Gasteiger partial charge >= 0.3 is 0 Å². The number of rotatable bonds is 5. The zero-order valence-electron chi connectivity index (χ0n) is 17.0. The molecule has 0 spiro atoms. The number of phenols is 1. The van der Waals surface area contributed by atoms with Crippen LogP contribution >= 0.6 is 0 Å². The molecule has 2 aromatic carbocycles. The smallest absolute Gasteiger partial charge is 0.278 e. The van der Waals surface area contributed by atoms with Crippen LogP contribution in [-0.4, -0.2) is 71.1 Å². The third-order valence-corrected chi connectivity index (χ3v) is 5.56. The summed E-state index contributed by atoms with van der Waals surface area (Å²) in [5, 5.41) is 46.2. The van der Waals surface area contributed by atoms with E-state index < -0.39 is 36.7 Å². The molecule has 1 saturated heterocycles. The Morgan fingerprint density at radius 1 is 1.21 bits per heavy atom. The quantitative estimate of drug-likeness (QED) is 0.180. The Morgan fingerprint density at radius 2 is 2.03 bits per heavy atom. The molecule has 1 aliphatic heterocycles. The van der Waals surface area contributed by atoms with Crippen LogP contribution in [0.3, 0.4) is 0 Å². The molecule has 4 atom stereocenters. The first-order valence-corrected chi connectivity index (χ1v) is 10.1. The lowest BCUT2D eigenvalue weighted by Gasteiger charge is -2.18. The SMILES string of the molecule is O=c1[nH]cnc2c1nc(N/N=C/c1c(O)ccc3ccccc13)n2C1OC(CO)C(O)C1O. The van der Waals surface area contributed by atoms with E-state index in [-0.39, 0.29) is 22.9 Å². The number of imidazole rings is 1. The maximum Gasteiger partial charge on any atom is 0.278 e. The average molecular weight is 452 g/mol. The van der Waals surface area contributed by atoms with E-state index in [0.717, 1.165) is 10.8 Å². The minimum Gasteiger partial charge on any atom is -0.507 e. The number of aromatic nitrogens is 4. The van der Waals surface area contributed by atoms with Crippen LogP contribution in [0.15, 0.2) is 52.6 Å². The Bertz CT molecular complexity index is 1420. The molecule has 4 aromatic rings. The zero-order valence-corrected chi connectivity index (χ0v) is 17.0. The Balaban J connectivity index is 1.56. The molecular formula is C21H20N6O6. The molecule has 33 heavy (non-hydrogen) atoms. The Labute approximate surface area is 185 Å². The van der Waals surface area contributed by atoms with E-state index in [1.165, 1.54) is 17.1 Å². The zero-order chi connectivity index (χ0) is 23.1. The maximum atomic E-state index is 12.2. The van der Waals surface area contributed by atoms with Crippen molar-refractivity contribution in [1.82, 2.24) is 19.5 Å². The molecule has 4 unspecified atom stereocenters. The fourth-order valence-corrected chi connectivity index (χ4v) is 3.91. The molecule has 12 heteroatoms. The third kappa shape index (κ3) is 3.50. The molecule has 3 heterocycles. The Morgan fingerprint density at radius 3 is 2.82 bits per heavy atom.